The molecule has 1 aromatic rings. The molecule has 7 nitrogen and oxygen atoms in total. The molecule has 0 radical (unpaired) electrons. The van der Waals surface area contributed by atoms with E-state index >= 15 is 0 Å². The van der Waals surface area contributed by atoms with Gasteiger partial charge in [0.1, 0.15) is 5.82 Å². The first kappa shape index (κ1) is 14.5. The lowest BCUT2D eigenvalue weighted by atomic mass is 10.2. The quantitative estimate of drug-likeness (QED) is 0.614. The lowest BCUT2D eigenvalue weighted by Gasteiger charge is -2.14. The zero-order valence-corrected chi connectivity index (χ0v) is 11.8. The van der Waals surface area contributed by atoms with E-state index in [0.717, 1.165) is 25.8 Å². The number of methoxy groups -OCH3 is 1. The van der Waals surface area contributed by atoms with Crippen LogP contribution in [0.2, 0.25) is 0 Å². The molecular formula is C13H20N4O3. The molecule has 7 heteroatoms. The number of nitro groups is 1. The summed E-state index contributed by atoms with van der Waals surface area (Å²) >= 11 is 0. The molecule has 2 N–H and O–H groups in total. The van der Waals surface area contributed by atoms with Gasteiger partial charge in [-0.05, 0) is 32.3 Å². The van der Waals surface area contributed by atoms with Crippen LogP contribution in [0.15, 0.2) is 12.1 Å². The number of pyridine rings is 1. The lowest BCUT2D eigenvalue weighted by molar-refractivity contribution is -0.384. The van der Waals surface area contributed by atoms with Crippen LogP contribution >= 0.6 is 0 Å². The van der Waals surface area contributed by atoms with Gasteiger partial charge < -0.3 is 15.4 Å². The highest BCUT2D eigenvalue weighted by Gasteiger charge is 2.27. The van der Waals surface area contributed by atoms with Gasteiger partial charge in [-0.25, -0.2) is 4.98 Å². The Morgan fingerprint density at radius 3 is 2.90 bits per heavy atom. The number of anilines is 2. The van der Waals surface area contributed by atoms with Crippen molar-refractivity contribution in [3.05, 3.63) is 22.2 Å². The number of ether oxygens (including phenoxy) is 1. The van der Waals surface area contributed by atoms with E-state index in [0.29, 0.717) is 11.6 Å². The third-order valence-electron chi connectivity index (χ3n) is 3.49. The summed E-state index contributed by atoms with van der Waals surface area (Å²) in [5, 5.41) is 17.3. The van der Waals surface area contributed by atoms with E-state index in [2.05, 4.69) is 15.6 Å². The number of hydrogen-bond donors (Lipinski definition) is 2. The normalized spacial score (nSPS) is 21.7. The summed E-state index contributed by atoms with van der Waals surface area (Å²) in [5.41, 5.74) is 0.00696. The fraction of sp³-hybridized carbons (Fsp3) is 0.615. The molecule has 2 rings (SSSR count). The molecule has 20 heavy (non-hydrogen) atoms. The average Bonchev–Trinajstić information content (AvgIpc) is 2.87. The van der Waals surface area contributed by atoms with Crippen LogP contribution in [0.25, 0.3) is 0 Å². The third-order valence-corrected chi connectivity index (χ3v) is 3.49. The summed E-state index contributed by atoms with van der Waals surface area (Å²) in [6, 6.07) is 3.28. The van der Waals surface area contributed by atoms with Crippen LogP contribution in [-0.2, 0) is 4.74 Å². The predicted molar refractivity (Wildman–Crippen MR) is 77.1 cm³/mol. The van der Waals surface area contributed by atoms with Gasteiger partial charge >= 0.3 is 5.69 Å². The molecular weight excluding hydrogens is 260 g/mol. The second-order valence-corrected chi connectivity index (χ2v) is 4.86. The molecule has 1 aliphatic carbocycles. The lowest BCUT2D eigenvalue weighted by Crippen LogP contribution is -2.19. The minimum atomic E-state index is -0.409. The number of nitrogens with one attached hydrogen (secondary N) is 2. The van der Waals surface area contributed by atoms with Crippen molar-refractivity contribution in [3.63, 3.8) is 0 Å². The maximum Gasteiger partial charge on any atom is 0.311 e. The van der Waals surface area contributed by atoms with Crippen LogP contribution in [0.3, 0.4) is 0 Å². The van der Waals surface area contributed by atoms with Crippen molar-refractivity contribution in [3.8, 4) is 0 Å². The van der Waals surface area contributed by atoms with Crippen LogP contribution in [0.1, 0.15) is 26.2 Å². The average molecular weight is 280 g/mol. The molecule has 1 fully saturated rings. The fourth-order valence-electron chi connectivity index (χ4n) is 2.46. The van der Waals surface area contributed by atoms with Gasteiger partial charge in [0.15, 0.2) is 0 Å². The molecule has 1 saturated carbocycles. The minimum absolute atomic E-state index is 0.00696. The van der Waals surface area contributed by atoms with E-state index < -0.39 is 4.92 Å². The van der Waals surface area contributed by atoms with Gasteiger partial charge in [-0.3, -0.25) is 10.1 Å². The summed E-state index contributed by atoms with van der Waals surface area (Å²) in [6.45, 7) is 2.68. The van der Waals surface area contributed by atoms with Crippen molar-refractivity contribution in [2.24, 2.45) is 0 Å². The Bertz CT molecular complexity index is 481. The maximum atomic E-state index is 11.1. The highest BCUT2D eigenvalue weighted by Crippen LogP contribution is 2.29. The van der Waals surface area contributed by atoms with Gasteiger partial charge in [0.2, 0.25) is 5.82 Å². The first-order chi connectivity index (χ1) is 9.63. The van der Waals surface area contributed by atoms with Gasteiger partial charge in [-0.2, -0.15) is 0 Å². The standard InChI is InChI=1S/C13H20N4O3/c1-3-14-12-7-6-11(17(18)19)13(16-12)15-9-4-5-10(8-9)20-2/h6-7,9-10H,3-5,8H2,1-2H3,(H2,14,15,16). The molecule has 2 atom stereocenters. The zero-order chi connectivity index (χ0) is 14.5. The van der Waals surface area contributed by atoms with Gasteiger partial charge in [0.25, 0.3) is 0 Å². The van der Waals surface area contributed by atoms with E-state index in [1.54, 1.807) is 13.2 Å². The zero-order valence-electron chi connectivity index (χ0n) is 11.8. The van der Waals surface area contributed by atoms with Crippen LogP contribution < -0.4 is 10.6 Å². The predicted octanol–water partition coefficient (Wildman–Crippen LogP) is 2.40. The second-order valence-electron chi connectivity index (χ2n) is 4.86. The Labute approximate surface area is 117 Å². The molecule has 0 aliphatic heterocycles. The van der Waals surface area contributed by atoms with E-state index in [4.69, 9.17) is 4.74 Å². The van der Waals surface area contributed by atoms with Crippen molar-refractivity contribution in [2.75, 3.05) is 24.3 Å². The Morgan fingerprint density at radius 2 is 2.30 bits per heavy atom. The Balaban J connectivity index is 2.15. The summed E-state index contributed by atoms with van der Waals surface area (Å²) in [7, 11) is 1.69. The molecule has 0 bridgehead atoms. The van der Waals surface area contributed by atoms with E-state index in [1.807, 2.05) is 6.92 Å². The summed E-state index contributed by atoms with van der Waals surface area (Å²) < 4.78 is 5.31. The van der Waals surface area contributed by atoms with Crippen molar-refractivity contribution in [1.29, 1.82) is 0 Å². The first-order valence-corrected chi connectivity index (χ1v) is 6.82. The van der Waals surface area contributed by atoms with Crippen molar-refractivity contribution >= 4 is 17.3 Å². The molecule has 110 valence electrons. The molecule has 0 saturated heterocycles. The third kappa shape index (κ3) is 3.36. The fourth-order valence-corrected chi connectivity index (χ4v) is 2.46. The van der Waals surface area contributed by atoms with E-state index in [9.17, 15) is 10.1 Å². The molecule has 0 aromatic carbocycles. The maximum absolute atomic E-state index is 11.1. The Hall–Kier alpha value is -1.89. The second kappa shape index (κ2) is 6.51. The van der Waals surface area contributed by atoms with Gasteiger partial charge in [-0.15, -0.1) is 0 Å². The van der Waals surface area contributed by atoms with Crippen molar-refractivity contribution in [1.82, 2.24) is 4.98 Å². The molecule has 1 heterocycles. The number of nitrogens with zero attached hydrogens (tertiary/aromatic N) is 2. The number of aromatic nitrogens is 1. The minimum Gasteiger partial charge on any atom is -0.381 e. The van der Waals surface area contributed by atoms with Crippen molar-refractivity contribution in [2.45, 2.75) is 38.3 Å². The van der Waals surface area contributed by atoms with E-state index in [1.165, 1.54) is 6.07 Å². The Kier molecular flexibility index (Phi) is 4.73. The van der Waals surface area contributed by atoms with Gasteiger partial charge in [-0.1, -0.05) is 0 Å². The number of rotatable bonds is 6. The topological polar surface area (TPSA) is 89.3 Å². The molecule has 0 spiro atoms. The smallest absolute Gasteiger partial charge is 0.311 e. The van der Waals surface area contributed by atoms with Crippen LogP contribution in [-0.4, -0.2) is 35.7 Å². The molecule has 0 amide bonds. The Morgan fingerprint density at radius 1 is 1.50 bits per heavy atom. The molecule has 2 unspecified atom stereocenters. The molecule has 1 aromatic heterocycles. The largest absolute Gasteiger partial charge is 0.381 e. The van der Waals surface area contributed by atoms with Crippen LogP contribution in [0.5, 0.6) is 0 Å². The summed E-state index contributed by atoms with van der Waals surface area (Å²) in [6.07, 6.45) is 2.97. The summed E-state index contributed by atoms with van der Waals surface area (Å²) in [4.78, 5) is 15.0. The van der Waals surface area contributed by atoms with Gasteiger partial charge in [0, 0.05) is 25.8 Å². The highest BCUT2D eigenvalue weighted by molar-refractivity contribution is 5.60. The summed E-state index contributed by atoms with van der Waals surface area (Å²) in [5.74, 6) is 0.970. The van der Waals surface area contributed by atoms with Gasteiger partial charge in [0.05, 0.1) is 11.0 Å². The van der Waals surface area contributed by atoms with Crippen molar-refractivity contribution < 1.29 is 9.66 Å². The monoisotopic (exact) mass is 280 g/mol. The SMILES string of the molecule is CCNc1ccc([N+](=O)[O-])c(NC2CCC(OC)C2)n1. The van der Waals surface area contributed by atoms with Crippen LogP contribution in [0.4, 0.5) is 17.3 Å². The number of hydrogen-bond acceptors (Lipinski definition) is 6. The highest BCUT2D eigenvalue weighted by atomic mass is 16.6. The molecule has 1 aliphatic rings. The van der Waals surface area contributed by atoms with E-state index in [-0.39, 0.29) is 17.8 Å². The first-order valence-electron chi connectivity index (χ1n) is 6.82. The van der Waals surface area contributed by atoms with Crippen LogP contribution in [0, 0.1) is 10.1 Å².